The monoisotopic (exact) mass is 443 g/mol. The van der Waals surface area contributed by atoms with E-state index >= 15 is 0 Å². The number of nitrogens with zero attached hydrogens (tertiary/aromatic N) is 2. The molecule has 0 fully saturated rings. The topological polar surface area (TPSA) is 55.6 Å². The second-order valence-electron chi connectivity index (χ2n) is 7.28. The average molecular weight is 443 g/mol. The van der Waals surface area contributed by atoms with Crippen LogP contribution in [0, 0.1) is 13.8 Å². The standard InChI is InChI=1S/C24H24F3N3O2/c1-4-12-32-22-10-8-18(9-11-22)23(31)29-28-15-19-13-16(2)30(17(19)3)21-7-5-6-20(14-21)24(25,26)27/h5-11,13-15H,4,12H2,1-3H3,(H,29,31)/b28-15+. The Bertz CT molecular complexity index is 1120. The van der Waals surface area contributed by atoms with E-state index in [1.165, 1.54) is 12.3 Å². The predicted molar refractivity (Wildman–Crippen MR) is 118 cm³/mol. The van der Waals surface area contributed by atoms with Gasteiger partial charge >= 0.3 is 6.18 Å². The molecule has 0 aliphatic carbocycles. The summed E-state index contributed by atoms with van der Waals surface area (Å²) in [6.45, 7) is 6.20. The van der Waals surface area contributed by atoms with Gasteiger partial charge in [0, 0.05) is 28.2 Å². The summed E-state index contributed by atoms with van der Waals surface area (Å²) in [5, 5.41) is 4.01. The van der Waals surface area contributed by atoms with Gasteiger partial charge in [-0.15, -0.1) is 0 Å². The fourth-order valence-electron chi connectivity index (χ4n) is 3.28. The van der Waals surface area contributed by atoms with Gasteiger partial charge in [-0.25, -0.2) is 5.43 Å². The normalized spacial score (nSPS) is 11.7. The SMILES string of the molecule is CCCOc1ccc(C(=O)N/N=C/c2cc(C)n(-c3cccc(C(F)(F)F)c3)c2C)cc1. The Morgan fingerprint density at radius 2 is 1.84 bits per heavy atom. The highest BCUT2D eigenvalue weighted by molar-refractivity contribution is 5.95. The minimum atomic E-state index is -4.42. The molecule has 1 N–H and O–H groups in total. The molecule has 2 aromatic carbocycles. The molecule has 0 radical (unpaired) electrons. The van der Waals surface area contributed by atoms with Gasteiger partial charge in [0.2, 0.25) is 0 Å². The Kier molecular flexibility index (Phi) is 7.02. The quantitative estimate of drug-likeness (QED) is 0.378. The number of aryl methyl sites for hydroxylation is 1. The fraction of sp³-hybridized carbons (Fsp3) is 0.250. The van der Waals surface area contributed by atoms with Gasteiger partial charge < -0.3 is 9.30 Å². The zero-order chi connectivity index (χ0) is 23.3. The van der Waals surface area contributed by atoms with Gasteiger partial charge in [-0.2, -0.15) is 18.3 Å². The van der Waals surface area contributed by atoms with Gasteiger partial charge in [0.05, 0.1) is 18.4 Å². The first-order chi connectivity index (χ1) is 15.2. The molecule has 5 nitrogen and oxygen atoms in total. The lowest BCUT2D eigenvalue weighted by molar-refractivity contribution is -0.137. The number of halogens is 3. The van der Waals surface area contributed by atoms with Gasteiger partial charge in [0.1, 0.15) is 5.75 Å². The molecule has 0 atom stereocenters. The maximum Gasteiger partial charge on any atom is 0.416 e. The van der Waals surface area contributed by atoms with Crippen molar-refractivity contribution in [2.75, 3.05) is 6.61 Å². The Balaban J connectivity index is 1.73. The second-order valence-corrected chi connectivity index (χ2v) is 7.28. The third-order valence-corrected chi connectivity index (χ3v) is 4.86. The van der Waals surface area contributed by atoms with E-state index in [2.05, 4.69) is 10.5 Å². The maximum absolute atomic E-state index is 13.1. The summed E-state index contributed by atoms with van der Waals surface area (Å²) in [7, 11) is 0. The molecule has 0 aliphatic rings. The van der Waals surface area contributed by atoms with Gasteiger partial charge in [0.25, 0.3) is 5.91 Å². The summed E-state index contributed by atoms with van der Waals surface area (Å²) < 4.78 is 46.4. The first-order valence-corrected chi connectivity index (χ1v) is 10.1. The maximum atomic E-state index is 13.1. The second kappa shape index (κ2) is 9.72. The van der Waals surface area contributed by atoms with Crippen LogP contribution in [0.25, 0.3) is 5.69 Å². The van der Waals surface area contributed by atoms with Crippen molar-refractivity contribution in [1.29, 1.82) is 0 Å². The number of benzene rings is 2. The highest BCUT2D eigenvalue weighted by atomic mass is 19.4. The van der Waals surface area contributed by atoms with Crippen molar-refractivity contribution >= 4 is 12.1 Å². The summed E-state index contributed by atoms with van der Waals surface area (Å²) >= 11 is 0. The zero-order valence-electron chi connectivity index (χ0n) is 18.0. The molecule has 1 heterocycles. The number of hydrazone groups is 1. The van der Waals surface area contributed by atoms with E-state index < -0.39 is 11.7 Å². The summed E-state index contributed by atoms with van der Waals surface area (Å²) in [5.41, 5.74) is 4.73. The third-order valence-electron chi connectivity index (χ3n) is 4.86. The lowest BCUT2D eigenvalue weighted by Gasteiger charge is -2.13. The molecule has 0 saturated carbocycles. The number of nitrogens with one attached hydrogen (secondary N) is 1. The van der Waals surface area contributed by atoms with Crippen LogP contribution in [0.5, 0.6) is 5.75 Å². The summed E-state index contributed by atoms with van der Waals surface area (Å²) in [4.78, 5) is 12.3. The molecule has 8 heteroatoms. The van der Waals surface area contributed by atoms with Crippen LogP contribution in [0.2, 0.25) is 0 Å². The van der Waals surface area contributed by atoms with Crippen LogP contribution in [0.1, 0.15) is 46.2 Å². The van der Waals surface area contributed by atoms with Crippen LogP contribution in [0.4, 0.5) is 13.2 Å². The van der Waals surface area contributed by atoms with Gasteiger partial charge in [-0.3, -0.25) is 4.79 Å². The molecule has 32 heavy (non-hydrogen) atoms. The molecule has 1 amide bonds. The fourth-order valence-corrected chi connectivity index (χ4v) is 3.28. The minimum absolute atomic E-state index is 0.380. The van der Waals surface area contributed by atoms with Crippen LogP contribution < -0.4 is 10.2 Å². The zero-order valence-corrected chi connectivity index (χ0v) is 18.0. The highest BCUT2D eigenvalue weighted by Gasteiger charge is 2.30. The first kappa shape index (κ1) is 23.1. The number of carbonyl (C=O) groups excluding carboxylic acids is 1. The molecule has 168 valence electrons. The number of rotatable bonds is 7. The Morgan fingerprint density at radius 1 is 1.12 bits per heavy atom. The van der Waals surface area contributed by atoms with Crippen molar-refractivity contribution in [3.05, 3.63) is 82.7 Å². The van der Waals surface area contributed by atoms with Gasteiger partial charge in [-0.05, 0) is 68.8 Å². The molecule has 3 aromatic rings. The smallest absolute Gasteiger partial charge is 0.416 e. The van der Waals surface area contributed by atoms with Crippen LogP contribution in [-0.2, 0) is 6.18 Å². The molecule has 0 saturated heterocycles. The van der Waals surface area contributed by atoms with Crippen molar-refractivity contribution in [2.24, 2.45) is 5.10 Å². The number of aromatic nitrogens is 1. The van der Waals surface area contributed by atoms with E-state index in [-0.39, 0.29) is 5.91 Å². The number of amides is 1. The lowest BCUT2D eigenvalue weighted by Crippen LogP contribution is -2.17. The molecule has 0 aliphatic heterocycles. The van der Waals surface area contributed by atoms with Crippen molar-refractivity contribution in [1.82, 2.24) is 9.99 Å². The molecular formula is C24H24F3N3O2. The van der Waals surface area contributed by atoms with Crippen molar-refractivity contribution in [3.8, 4) is 11.4 Å². The number of hydrogen-bond donors (Lipinski definition) is 1. The van der Waals surface area contributed by atoms with Crippen molar-refractivity contribution in [2.45, 2.75) is 33.4 Å². The van der Waals surface area contributed by atoms with E-state index in [1.807, 2.05) is 6.92 Å². The van der Waals surface area contributed by atoms with E-state index in [4.69, 9.17) is 4.74 Å². The molecule has 3 rings (SSSR count). The number of carbonyl (C=O) groups is 1. The highest BCUT2D eigenvalue weighted by Crippen LogP contribution is 2.31. The Hall–Kier alpha value is -3.55. The Morgan fingerprint density at radius 3 is 2.50 bits per heavy atom. The van der Waals surface area contributed by atoms with E-state index in [0.29, 0.717) is 34.9 Å². The molecular weight excluding hydrogens is 419 g/mol. The third kappa shape index (κ3) is 5.38. The van der Waals surface area contributed by atoms with Gasteiger partial charge in [-0.1, -0.05) is 13.0 Å². The molecule has 0 unspecified atom stereocenters. The molecule has 0 spiro atoms. The van der Waals surface area contributed by atoms with Crippen LogP contribution in [-0.4, -0.2) is 23.3 Å². The van der Waals surface area contributed by atoms with Crippen LogP contribution >= 0.6 is 0 Å². The lowest BCUT2D eigenvalue weighted by atomic mass is 10.2. The van der Waals surface area contributed by atoms with E-state index in [1.54, 1.807) is 54.8 Å². The summed E-state index contributed by atoms with van der Waals surface area (Å²) in [5.74, 6) is 0.309. The number of alkyl halides is 3. The van der Waals surface area contributed by atoms with Crippen molar-refractivity contribution < 1.29 is 22.7 Å². The van der Waals surface area contributed by atoms with Crippen LogP contribution in [0.3, 0.4) is 0 Å². The summed E-state index contributed by atoms with van der Waals surface area (Å²) in [6.07, 6.45) is -2.05. The first-order valence-electron chi connectivity index (χ1n) is 10.1. The van der Waals surface area contributed by atoms with E-state index in [9.17, 15) is 18.0 Å². The average Bonchev–Trinajstić information content (AvgIpc) is 3.05. The largest absolute Gasteiger partial charge is 0.494 e. The number of hydrogen-bond acceptors (Lipinski definition) is 3. The molecule has 0 bridgehead atoms. The summed E-state index contributed by atoms with van der Waals surface area (Å²) in [6, 6.07) is 13.7. The number of ether oxygens (including phenoxy) is 1. The van der Waals surface area contributed by atoms with Crippen molar-refractivity contribution in [3.63, 3.8) is 0 Å². The van der Waals surface area contributed by atoms with Crippen LogP contribution in [0.15, 0.2) is 59.7 Å². The molecule has 1 aromatic heterocycles. The van der Waals surface area contributed by atoms with E-state index in [0.717, 1.165) is 24.2 Å². The Labute approximate surface area is 184 Å². The predicted octanol–water partition coefficient (Wildman–Crippen LogP) is 5.67. The minimum Gasteiger partial charge on any atom is -0.494 e. The van der Waals surface area contributed by atoms with Gasteiger partial charge in [0.15, 0.2) is 0 Å².